The summed E-state index contributed by atoms with van der Waals surface area (Å²) in [6.45, 7) is 9.46. The summed E-state index contributed by atoms with van der Waals surface area (Å²) in [5, 5.41) is 48.6. The summed E-state index contributed by atoms with van der Waals surface area (Å²) in [6, 6.07) is 55.7. The molecule has 0 aliphatic carbocycles. The maximum atomic E-state index is 13.2. The first kappa shape index (κ1) is 47.3. The second-order valence-electron chi connectivity index (χ2n) is 14.3. The van der Waals surface area contributed by atoms with Crippen LogP contribution in [-0.2, 0) is 0 Å². The Kier molecular flexibility index (Phi) is 17.3. The SMILES string of the molecule is Cc1cc(C)c([O-])c(C)c1.Cc1ccc2cccc([O-])c2n1.Cc1ccc2cccc([O-])c2n1.[Al+3].[Al+3].[O-]c1c(-c2ccccc2)cc(-c2ccccc2)cc1-c1ccccc1. The molecule has 0 unspecified atom stereocenters. The van der Waals surface area contributed by atoms with Crippen LogP contribution < -0.4 is 20.4 Å². The number of pyridine rings is 2. The molecule has 0 N–H and O–H groups in total. The fraction of sp³-hybridized carbons (Fsp3) is 0.0943. The molecule has 0 spiro atoms. The molecule has 0 amide bonds. The van der Waals surface area contributed by atoms with Crippen molar-refractivity contribution in [3.8, 4) is 56.4 Å². The quantitative estimate of drug-likeness (QED) is 0.164. The van der Waals surface area contributed by atoms with E-state index in [1.807, 2.05) is 174 Å². The standard InChI is InChI=1S/C24H18O.2C10H9NO.C9H12O.2Al/c25-24-22(19-12-6-2-7-13-19)16-21(18-10-4-1-5-11-18)17-23(24)20-14-8-3-9-15-20;2*1-7-5-6-8-3-2-4-9(12)10(8)11-7;1-6-4-7(2)9(10)8(3)5-6;;/h1-17,25H;2*2-6,12H,1H3;4-5,10H,1-3H3;;/q;;;;2*+3/p-4. The van der Waals surface area contributed by atoms with Crippen LogP contribution in [0.15, 0.2) is 176 Å². The maximum Gasteiger partial charge on any atom is 3.00 e. The van der Waals surface area contributed by atoms with Crippen LogP contribution in [0.4, 0.5) is 0 Å². The minimum absolute atomic E-state index is 0. The molecule has 9 rings (SSSR count). The molecule has 294 valence electrons. The number of aryl methyl sites for hydroxylation is 5. The molecular weight excluding hydrogens is 783 g/mol. The van der Waals surface area contributed by atoms with Gasteiger partial charge in [0.1, 0.15) is 0 Å². The Hall–Kier alpha value is -6.38. The minimum Gasteiger partial charge on any atom is -0.872 e. The van der Waals surface area contributed by atoms with Crippen molar-refractivity contribution < 1.29 is 20.4 Å². The summed E-state index contributed by atoms with van der Waals surface area (Å²) in [4.78, 5) is 8.33. The topological polar surface area (TPSA) is 118 Å². The zero-order chi connectivity index (χ0) is 41.9. The summed E-state index contributed by atoms with van der Waals surface area (Å²) in [7, 11) is 0. The largest absolute Gasteiger partial charge is 3.00 e. The molecule has 0 bridgehead atoms. The van der Waals surface area contributed by atoms with Crippen LogP contribution >= 0.6 is 0 Å². The Balaban J connectivity index is 0.000000193. The molecule has 0 radical (unpaired) electrons. The average Bonchev–Trinajstić information content (AvgIpc) is 3.25. The predicted octanol–water partition coefficient (Wildman–Crippen LogP) is 9.92. The van der Waals surface area contributed by atoms with Crippen molar-refractivity contribution in [2.24, 2.45) is 0 Å². The van der Waals surface area contributed by atoms with Crippen LogP contribution in [0.5, 0.6) is 23.0 Å². The van der Waals surface area contributed by atoms with E-state index in [-0.39, 0.29) is 57.7 Å². The first-order valence-electron chi connectivity index (χ1n) is 19.3. The van der Waals surface area contributed by atoms with Crippen molar-refractivity contribution in [2.75, 3.05) is 0 Å². The molecule has 0 aliphatic rings. The number of benzene rings is 7. The second-order valence-corrected chi connectivity index (χ2v) is 14.3. The monoisotopic (exact) mass is 826 g/mol. The molecule has 9 aromatic rings. The second kappa shape index (κ2) is 22.3. The third-order valence-electron chi connectivity index (χ3n) is 9.62. The van der Waals surface area contributed by atoms with Gasteiger partial charge < -0.3 is 20.4 Å². The predicted molar refractivity (Wildman–Crippen MR) is 246 cm³/mol. The fourth-order valence-corrected chi connectivity index (χ4v) is 6.69. The first-order chi connectivity index (χ1) is 28.5. The molecule has 7 aromatic carbocycles. The maximum absolute atomic E-state index is 13.2. The normalized spacial score (nSPS) is 10.0. The summed E-state index contributed by atoms with van der Waals surface area (Å²) >= 11 is 0. The molecule has 0 atom stereocenters. The van der Waals surface area contributed by atoms with Crippen LogP contribution in [0.2, 0.25) is 0 Å². The first-order valence-corrected chi connectivity index (χ1v) is 19.3. The summed E-state index contributed by atoms with van der Waals surface area (Å²) in [5.41, 5.74) is 11.3. The zero-order valence-corrected chi connectivity index (χ0v) is 37.2. The van der Waals surface area contributed by atoms with Gasteiger partial charge in [-0.3, -0.25) is 9.97 Å². The Bertz CT molecular complexity index is 2650. The Morgan fingerprint density at radius 2 is 0.721 bits per heavy atom. The molecule has 0 saturated heterocycles. The van der Waals surface area contributed by atoms with Gasteiger partial charge in [0.2, 0.25) is 0 Å². The molecule has 8 heteroatoms. The number of nitrogens with zero attached hydrogens (tertiary/aromatic N) is 2. The van der Waals surface area contributed by atoms with E-state index in [2.05, 4.69) is 22.1 Å². The number of aromatic nitrogens is 2. The molecule has 0 aliphatic heterocycles. The van der Waals surface area contributed by atoms with Crippen molar-refractivity contribution in [1.82, 2.24) is 9.97 Å². The minimum atomic E-state index is -0.00352. The summed E-state index contributed by atoms with van der Waals surface area (Å²) < 4.78 is 0. The third kappa shape index (κ3) is 12.3. The fourth-order valence-electron chi connectivity index (χ4n) is 6.69. The average molecular weight is 827 g/mol. The van der Waals surface area contributed by atoms with Crippen LogP contribution in [0, 0.1) is 34.6 Å². The van der Waals surface area contributed by atoms with E-state index in [9.17, 15) is 20.4 Å². The van der Waals surface area contributed by atoms with Gasteiger partial charge in [-0.2, -0.15) is 0 Å². The Morgan fingerprint density at radius 3 is 1.11 bits per heavy atom. The number of para-hydroxylation sites is 2. The van der Waals surface area contributed by atoms with E-state index in [1.54, 1.807) is 12.1 Å². The van der Waals surface area contributed by atoms with E-state index in [0.29, 0.717) is 11.0 Å². The van der Waals surface area contributed by atoms with Gasteiger partial charge in [-0.25, -0.2) is 0 Å². The van der Waals surface area contributed by atoms with Gasteiger partial charge in [-0.15, -0.1) is 5.75 Å². The van der Waals surface area contributed by atoms with Gasteiger partial charge in [0, 0.05) is 11.4 Å². The van der Waals surface area contributed by atoms with Crippen molar-refractivity contribution in [3.63, 3.8) is 0 Å². The molecule has 6 nitrogen and oxygen atoms in total. The van der Waals surface area contributed by atoms with Gasteiger partial charge in [-0.1, -0.05) is 186 Å². The molecule has 2 aromatic heterocycles. The van der Waals surface area contributed by atoms with Gasteiger partial charge in [0.15, 0.2) is 0 Å². The van der Waals surface area contributed by atoms with E-state index < -0.39 is 0 Å². The smallest absolute Gasteiger partial charge is 0.872 e. The number of hydrogen-bond donors (Lipinski definition) is 0. The van der Waals surface area contributed by atoms with E-state index in [4.69, 9.17) is 0 Å². The van der Waals surface area contributed by atoms with Crippen molar-refractivity contribution in [3.05, 3.63) is 204 Å². The van der Waals surface area contributed by atoms with E-state index >= 15 is 0 Å². The molecule has 0 fully saturated rings. The van der Waals surface area contributed by atoms with Crippen LogP contribution in [0.3, 0.4) is 0 Å². The van der Waals surface area contributed by atoms with Gasteiger partial charge in [0.25, 0.3) is 0 Å². The van der Waals surface area contributed by atoms with Crippen molar-refractivity contribution >= 4 is 56.5 Å². The van der Waals surface area contributed by atoms with Crippen molar-refractivity contribution in [1.29, 1.82) is 0 Å². The van der Waals surface area contributed by atoms with Gasteiger partial charge in [0.05, 0.1) is 11.0 Å². The van der Waals surface area contributed by atoms with Gasteiger partial charge in [-0.05, 0) is 103 Å². The molecule has 0 saturated carbocycles. The van der Waals surface area contributed by atoms with Gasteiger partial charge >= 0.3 is 34.7 Å². The summed E-state index contributed by atoms with van der Waals surface area (Å²) in [5.74, 6) is 0.232. The number of fused-ring (bicyclic) bond motifs is 2. The van der Waals surface area contributed by atoms with Crippen LogP contribution in [0.1, 0.15) is 28.1 Å². The molecular formula is C53H44Al2N2O4+2. The molecule has 2 heterocycles. The summed E-state index contributed by atoms with van der Waals surface area (Å²) in [6.07, 6.45) is 0. The Morgan fingerprint density at radius 1 is 0.344 bits per heavy atom. The molecule has 61 heavy (non-hydrogen) atoms. The van der Waals surface area contributed by atoms with Crippen molar-refractivity contribution in [2.45, 2.75) is 34.6 Å². The van der Waals surface area contributed by atoms with E-state index in [0.717, 1.165) is 72.2 Å². The van der Waals surface area contributed by atoms with Crippen LogP contribution in [-0.4, -0.2) is 44.7 Å². The Labute approximate surface area is 379 Å². The number of hydrogen-bond acceptors (Lipinski definition) is 6. The number of rotatable bonds is 3. The zero-order valence-electron chi connectivity index (χ0n) is 34.9. The van der Waals surface area contributed by atoms with E-state index in [1.165, 1.54) is 12.1 Å². The van der Waals surface area contributed by atoms with Crippen LogP contribution in [0.25, 0.3) is 55.2 Å². The third-order valence-corrected chi connectivity index (χ3v) is 9.62.